The molecule has 0 bridgehead atoms. The first-order chi connectivity index (χ1) is 7.72. The second-order valence-corrected chi connectivity index (χ2v) is 3.57. The largest absolute Gasteiger partial charge is 0.334 e. The van der Waals surface area contributed by atoms with Gasteiger partial charge in [-0.2, -0.15) is 0 Å². The molecule has 0 saturated carbocycles. The van der Waals surface area contributed by atoms with Gasteiger partial charge in [0.05, 0.1) is 6.54 Å². The molecule has 1 rings (SSSR count). The van der Waals surface area contributed by atoms with Crippen LogP contribution < -0.4 is 16.0 Å². The highest BCUT2D eigenvalue weighted by molar-refractivity contribution is 5.95. The Morgan fingerprint density at radius 3 is 2.69 bits per heavy atom. The first-order valence-electron chi connectivity index (χ1n) is 5.34. The number of rotatable bonds is 4. The lowest BCUT2D eigenvalue weighted by atomic mass is 10.3. The van der Waals surface area contributed by atoms with Crippen LogP contribution >= 0.6 is 0 Å². The van der Waals surface area contributed by atoms with Crippen molar-refractivity contribution in [2.45, 2.75) is 0 Å². The summed E-state index contributed by atoms with van der Waals surface area (Å²) in [4.78, 5) is 24.6. The minimum absolute atomic E-state index is 0.267. The molecular weight excluding hydrogens is 208 g/mol. The number of amides is 3. The van der Waals surface area contributed by atoms with Crippen LogP contribution in [0.3, 0.4) is 0 Å². The van der Waals surface area contributed by atoms with Crippen molar-refractivity contribution in [3.05, 3.63) is 12.7 Å². The van der Waals surface area contributed by atoms with Crippen LogP contribution in [0.2, 0.25) is 0 Å². The summed E-state index contributed by atoms with van der Waals surface area (Å²) >= 11 is 0. The zero-order valence-corrected chi connectivity index (χ0v) is 9.29. The molecule has 0 aromatic heterocycles. The van der Waals surface area contributed by atoms with Crippen LogP contribution in [0.5, 0.6) is 0 Å². The molecule has 1 saturated heterocycles. The number of urea groups is 1. The van der Waals surface area contributed by atoms with Crippen molar-refractivity contribution < 1.29 is 9.59 Å². The first-order valence-corrected chi connectivity index (χ1v) is 5.34. The molecular formula is C10H18N4O2. The monoisotopic (exact) mass is 226 g/mol. The molecule has 0 aliphatic carbocycles. The summed E-state index contributed by atoms with van der Waals surface area (Å²) in [6.07, 6.45) is 1.56. The van der Waals surface area contributed by atoms with E-state index in [1.165, 1.54) is 0 Å². The highest BCUT2D eigenvalue weighted by atomic mass is 16.2. The summed E-state index contributed by atoms with van der Waals surface area (Å²) in [5.74, 6) is -0.275. The van der Waals surface area contributed by atoms with Gasteiger partial charge in [-0.05, 0) is 0 Å². The van der Waals surface area contributed by atoms with Gasteiger partial charge in [-0.25, -0.2) is 4.79 Å². The number of piperazine rings is 1. The maximum absolute atomic E-state index is 11.4. The minimum Gasteiger partial charge on any atom is -0.334 e. The van der Waals surface area contributed by atoms with E-state index in [0.29, 0.717) is 6.54 Å². The molecule has 0 atom stereocenters. The van der Waals surface area contributed by atoms with Crippen molar-refractivity contribution in [2.24, 2.45) is 0 Å². The fourth-order valence-electron chi connectivity index (χ4n) is 1.45. The average Bonchev–Trinajstić information content (AvgIpc) is 2.27. The molecule has 0 unspecified atom stereocenters. The van der Waals surface area contributed by atoms with E-state index in [2.05, 4.69) is 22.5 Å². The van der Waals surface area contributed by atoms with Crippen molar-refractivity contribution in [3.63, 3.8) is 0 Å². The maximum atomic E-state index is 11.4. The van der Waals surface area contributed by atoms with Gasteiger partial charge in [0.25, 0.3) is 0 Å². The Kier molecular flexibility index (Phi) is 5.52. The van der Waals surface area contributed by atoms with E-state index in [1.54, 1.807) is 6.08 Å². The Morgan fingerprint density at radius 2 is 2.06 bits per heavy atom. The SMILES string of the molecule is C=CCNC(=O)NC(=O)CN1CCNCC1. The van der Waals surface area contributed by atoms with Crippen LogP contribution in [-0.2, 0) is 4.79 Å². The van der Waals surface area contributed by atoms with Crippen molar-refractivity contribution in [1.29, 1.82) is 0 Å². The number of carbonyl (C=O) groups excluding carboxylic acids is 2. The zero-order chi connectivity index (χ0) is 11.8. The summed E-state index contributed by atoms with van der Waals surface area (Å²) in [6.45, 7) is 7.52. The van der Waals surface area contributed by atoms with Gasteiger partial charge in [0.2, 0.25) is 5.91 Å². The van der Waals surface area contributed by atoms with Crippen LogP contribution in [-0.4, -0.2) is 56.1 Å². The van der Waals surface area contributed by atoms with Crippen LogP contribution in [0.1, 0.15) is 0 Å². The average molecular weight is 226 g/mol. The molecule has 6 nitrogen and oxygen atoms in total. The number of carbonyl (C=O) groups is 2. The van der Waals surface area contributed by atoms with Gasteiger partial charge in [-0.3, -0.25) is 15.0 Å². The fourth-order valence-corrected chi connectivity index (χ4v) is 1.45. The number of hydrogen-bond acceptors (Lipinski definition) is 4. The highest BCUT2D eigenvalue weighted by Crippen LogP contribution is 1.90. The van der Waals surface area contributed by atoms with Gasteiger partial charge >= 0.3 is 6.03 Å². The van der Waals surface area contributed by atoms with Crippen LogP contribution in [0, 0.1) is 0 Å². The number of imide groups is 1. The normalized spacial score (nSPS) is 16.5. The van der Waals surface area contributed by atoms with E-state index in [0.717, 1.165) is 26.2 Å². The third-order valence-electron chi connectivity index (χ3n) is 2.24. The second kappa shape index (κ2) is 6.97. The Morgan fingerprint density at radius 1 is 1.38 bits per heavy atom. The summed E-state index contributed by atoms with van der Waals surface area (Å²) in [7, 11) is 0. The summed E-state index contributed by atoms with van der Waals surface area (Å²) in [5, 5.41) is 7.94. The van der Waals surface area contributed by atoms with E-state index < -0.39 is 6.03 Å². The predicted octanol–water partition coefficient (Wildman–Crippen LogP) is -1.10. The van der Waals surface area contributed by atoms with Crippen molar-refractivity contribution in [3.8, 4) is 0 Å². The Hall–Kier alpha value is -1.40. The maximum Gasteiger partial charge on any atom is 0.321 e. The lowest BCUT2D eigenvalue weighted by molar-refractivity contribution is -0.121. The van der Waals surface area contributed by atoms with Gasteiger partial charge < -0.3 is 10.6 Å². The van der Waals surface area contributed by atoms with E-state index in [-0.39, 0.29) is 12.5 Å². The Bertz CT molecular complexity index is 262. The van der Waals surface area contributed by atoms with E-state index in [4.69, 9.17) is 0 Å². The van der Waals surface area contributed by atoms with E-state index in [1.807, 2.05) is 4.90 Å². The molecule has 0 aromatic carbocycles. The third kappa shape index (κ3) is 4.90. The second-order valence-electron chi connectivity index (χ2n) is 3.57. The van der Waals surface area contributed by atoms with Gasteiger partial charge in [-0.1, -0.05) is 6.08 Å². The van der Waals surface area contributed by atoms with Crippen LogP contribution in [0.4, 0.5) is 4.79 Å². The molecule has 1 aliphatic heterocycles. The van der Waals surface area contributed by atoms with Gasteiger partial charge in [0.15, 0.2) is 0 Å². The molecule has 3 N–H and O–H groups in total. The van der Waals surface area contributed by atoms with Gasteiger partial charge in [0, 0.05) is 32.7 Å². The number of nitrogens with one attached hydrogen (secondary N) is 3. The van der Waals surface area contributed by atoms with Crippen molar-refractivity contribution in [2.75, 3.05) is 39.3 Å². The molecule has 6 heteroatoms. The lowest BCUT2D eigenvalue weighted by Gasteiger charge is -2.26. The number of hydrogen-bond donors (Lipinski definition) is 3. The third-order valence-corrected chi connectivity index (χ3v) is 2.24. The molecule has 0 spiro atoms. The lowest BCUT2D eigenvalue weighted by Crippen LogP contribution is -2.49. The summed E-state index contributed by atoms with van der Waals surface area (Å²) in [5.41, 5.74) is 0. The predicted molar refractivity (Wildman–Crippen MR) is 61.0 cm³/mol. The molecule has 1 fully saturated rings. The molecule has 16 heavy (non-hydrogen) atoms. The van der Waals surface area contributed by atoms with Gasteiger partial charge in [0.1, 0.15) is 0 Å². The zero-order valence-electron chi connectivity index (χ0n) is 9.29. The topological polar surface area (TPSA) is 73.5 Å². The Balaban J connectivity index is 2.18. The molecule has 0 aromatic rings. The molecule has 1 heterocycles. The Labute approximate surface area is 95.1 Å². The molecule has 90 valence electrons. The van der Waals surface area contributed by atoms with Crippen molar-refractivity contribution >= 4 is 11.9 Å². The van der Waals surface area contributed by atoms with E-state index in [9.17, 15) is 9.59 Å². The fraction of sp³-hybridized carbons (Fsp3) is 0.600. The first kappa shape index (κ1) is 12.7. The standard InChI is InChI=1S/C10H18N4O2/c1-2-3-12-10(16)13-9(15)8-14-6-4-11-5-7-14/h2,11H,1,3-8H2,(H2,12,13,15,16). The molecule has 0 radical (unpaired) electrons. The minimum atomic E-state index is -0.472. The smallest absolute Gasteiger partial charge is 0.321 e. The molecule has 3 amide bonds. The van der Waals surface area contributed by atoms with Crippen LogP contribution in [0.15, 0.2) is 12.7 Å². The summed E-state index contributed by atoms with van der Waals surface area (Å²) in [6, 6.07) is -0.472. The van der Waals surface area contributed by atoms with Crippen LogP contribution in [0.25, 0.3) is 0 Å². The van der Waals surface area contributed by atoms with Crippen molar-refractivity contribution in [1.82, 2.24) is 20.9 Å². The molecule has 1 aliphatic rings. The number of nitrogens with zero attached hydrogens (tertiary/aromatic N) is 1. The highest BCUT2D eigenvalue weighted by Gasteiger charge is 2.14. The van der Waals surface area contributed by atoms with E-state index >= 15 is 0 Å². The van der Waals surface area contributed by atoms with Gasteiger partial charge in [-0.15, -0.1) is 6.58 Å². The quantitative estimate of drug-likeness (QED) is 0.532. The summed E-state index contributed by atoms with van der Waals surface area (Å²) < 4.78 is 0.